The second-order valence-electron chi connectivity index (χ2n) is 2.59. The van der Waals surface area contributed by atoms with Gasteiger partial charge in [-0.15, -0.1) is 0 Å². The third-order valence-corrected chi connectivity index (χ3v) is 2.50. The molecule has 4 N–H and O–H groups in total. The molecular weight excluding hydrogens is 212 g/mol. The molecule has 0 spiro atoms. The van der Waals surface area contributed by atoms with Crippen molar-refractivity contribution in [2.45, 2.75) is 19.4 Å². The SMILES string of the molecule is CCCNS(=O)(=O)NC(CO)C(=O)O. The molecule has 0 heterocycles. The molecule has 14 heavy (non-hydrogen) atoms. The second-order valence-corrected chi connectivity index (χ2v) is 4.12. The van der Waals surface area contributed by atoms with E-state index in [1.807, 2.05) is 0 Å². The van der Waals surface area contributed by atoms with Gasteiger partial charge in [0.25, 0.3) is 10.2 Å². The average Bonchev–Trinajstić information content (AvgIpc) is 2.10. The van der Waals surface area contributed by atoms with Crippen LogP contribution in [0.3, 0.4) is 0 Å². The minimum Gasteiger partial charge on any atom is -0.480 e. The van der Waals surface area contributed by atoms with E-state index in [9.17, 15) is 13.2 Å². The van der Waals surface area contributed by atoms with Crippen molar-refractivity contribution in [3.8, 4) is 0 Å². The normalized spacial score (nSPS) is 13.9. The largest absolute Gasteiger partial charge is 0.480 e. The Balaban J connectivity index is 4.26. The number of aliphatic carboxylic acids is 1. The van der Waals surface area contributed by atoms with Crippen LogP contribution < -0.4 is 9.44 Å². The van der Waals surface area contributed by atoms with Crippen molar-refractivity contribution >= 4 is 16.2 Å². The second kappa shape index (κ2) is 5.91. The Bertz CT molecular complexity index is 276. The van der Waals surface area contributed by atoms with E-state index < -0.39 is 28.8 Å². The van der Waals surface area contributed by atoms with Gasteiger partial charge < -0.3 is 10.2 Å². The molecular formula is C6H14N2O5S. The summed E-state index contributed by atoms with van der Waals surface area (Å²) in [6.45, 7) is 1.19. The van der Waals surface area contributed by atoms with Gasteiger partial charge in [-0.3, -0.25) is 4.79 Å². The summed E-state index contributed by atoms with van der Waals surface area (Å²) in [6.07, 6.45) is 0.595. The van der Waals surface area contributed by atoms with Crippen LogP contribution in [-0.2, 0) is 15.0 Å². The fraction of sp³-hybridized carbons (Fsp3) is 0.833. The molecule has 0 bridgehead atoms. The van der Waals surface area contributed by atoms with E-state index in [-0.39, 0.29) is 6.54 Å². The van der Waals surface area contributed by atoms with Gasteiger partial charge in [-0.2, -0.15) is 13.1 Å². The number of aliphatic hydroxyl groups excluding tert-OH is 1. The summed E-state index contributed by atoms with van der Waals surface area (Å²) in [4.78, 5) is 10.4. The quantitative estimate of drug-likeness (QED) is 0.411. The number of aliphatic hydroxyl groups is 1. The lowest BCUT2D eigenvalue weighted by molar-refractivity contribution is -0.139. The minimum atomic E-state index is -3.84. The highest BCUT2D eigenvalue weighted by atomic mass is 32.2. The van der Waals surface area contributed by atoms with Crippen LogP contribution in [0.4, 0.5) is 0 Å². The maximum atomic E-state index is 11.1. The summed E-state index contributed by atoms with van der Waals surface area (Å²) >= 11 is 0. The van der Waals surface area contributed by atoms with Gasteiger partial charge >= 0.3 is 5.97 Å². The summed E-state index contributed by atoms with van der Waals surface area (Å²) in [5, 5.41) is 17.0. The van der Waals surface area contributed by atoms with E-state index in [4.69, 9.17) is 10.2 Å². The number of hydrogen-bond donors (Lipinski definition) is 4. The number of carboxylic acid groups (broad SMARTS) is 1. The van der Waals surface area contributed by atoms with Crippen LogP contribution in [0.15, 0.2) is 0 Å². The summed E-state index contributed by atoms with van der Waals surface area (Å²) in [6, 6.07) is -1.51. The molecule has 0 aliphatic rings. The Morgan fingerprint density at radius 2 is 2.07 bits per heavy atom. The van der Waals surface area contributed by atoms with Crippen LogP contribution in [0, 0.1) is 0 Å². The Hall–Kier alpha value is -0.700. The van der Waals surface area contributed by atoms with Crippen LogP contribution in [0.5, 0.6) is 0 Å². The molecule has 7 nitrogen and oxygen atoms in total. The smallest absolute Gasteiger partial charge is 0.324 e. The summed E-state index contributed by atoms with van der Waals surface area (Å²) < 4.78 is 26.0. The van der Waals surface area contributed by atoms with Crippen LogP contribution in [-0.4, -0.2) is 43.8 Å². The van der Waals surface area contributed by atoms with E-state index >= 15 is 0 Å². The fourth-order valence-electron chi connectivity index (χ4n) is 0.631. The number of carboxylic acids is 1. The first-order valence-electron chi connectivity index (χ1n) is 4.03. The zero-order valence-electron chi connectivity index (χ0n) is 7.73. The maximum Gasteiger partial charge on any atom is 0.324 e. The molecule has 0 radical (unpaired) electrons. The first-order chi connectivity index (χ1) is 6.43. The van der Waals surface area contributed by atoms with Crippen molar-refractivity contribution in [2.75, 3.05) is 13.2 Å². The Kier molecular flexibility index (Phi) is 5.62. The molecule has 0 aliphatic carbocycles. The van der Waals surface area contributed by atoms with Gasteiger partial charge in [0.1, 0.15) is 6.04 Å². The van der Waals surface area contributed by atoms with Crippen LogP contribution in [0.25, 0.3) is 0 Å². The topological polar surface area (TPSA) is 116 Å². The van der Waals surface area contributed by atoms with Crippen LogP contribution >= 0.6 is 0 Å². The van der Waals surface area contributed by atoms with Crippen molar-refractivity contribution in [2.24, 2.45) is 0 Å². The van der Waals surface area contributed by atoms with E-state index in [0.717, 1.165) is 0 Å². The highest BCUT2D eigenvalue weighted by Gasteiger charge is 2.22. The number of hydrogen-bond acceptors (Lipinski definition) is 4. The van der Waals surface area contributed by atoms with Crippen LogP contribution in [0.2, 0.25) is 0 Å². The molecule has 0 aromatic heterocycles. The fourth-order valence-corrected chi connectivity index (χ4v) is 1.74. The lowest BCUT2D eigenvalue weighted by atomic mass is 10.3. The summed E-state index contributed by atoms with van der Waals surface area (Å²) in [5.74, 6) is -1.42. The van der Waals surface area contributed by atoms with Gasteiger partial charge in [0.05, 0.1) is 6.61 Å². The lowest BCUT2D eigenvalue weighted by Gasteiger charge is -2.12. The number of nitrogens with one attached hydrogen (secondary N) is 2. The molecule has 0 saturated heterocycles. The van der Waals surface area contributed by atoms with Gasteiger partial charge in [0, 0.05) is 6.54 Å². The molecule has 0 aliphatic heterocycles. The third kappa shape index (κ3) is 5.12. The average molecular weight is 226 g/mol. The minimum absolute atomic E-state index is 0.215. The lowest BCUT2D eigenvalue weighted by Crippen LogP contribution is -2.48. The van der Waals surface area contributed by atoms with Crippen molar-refractivity contribution in [3.05, 3.63) is 0 Å². The van der Waals surface area contributed by atoms with E-state index in [2.05, 4.69) is 4.72 Å². The van der Waals surface area contributed by atoms with Gasteiger partial charge in [-0.1, -0.05) is 6.92 Å². The molecule has 0 rings (SSSR count). The highest BCUT2D eigenvalue weighted by Crippen LogP contribution is 1.87. The van der Waals surface area contributed by atoms with Gasteiger partial charge in [-0.25, -0.2) is 4.72 Å². The molecule has 0 aromatic carbocycles. The van der Waals surface area contributed by atoms with Crippen molar-refractivity contribution in [1.29, 1.82) is 0 Å². The molecule has 1 atom stereocenters. The molecule has 0 aromatic rings. The van der Waals surface area contributed by atoms with Crippen molar-refractivity contribution in [3.63, 3.8) is 0 Å². The van der Waals surface area contributed by atoms with E-state index in [0.29, 0.717) is 6.42 Å². The van der Waals surface area contributed by atoms with E-state index in [1.54, 1.807) is 11.6 Å². The van der Waals surface area contributed by atoms with Crippen molar-refractivity contribution in [1.82, 2.24) is 9.44 Å². The van der Waals surface area contributed by atoms with Crippen LogP contribution in [0.1, 0.15) is 13.3 Å². The third-order valence-electron chi connectivity index (χ3n) is 1.32. The zero-order valence-corrected chi connectivity index (χ0v) is 8.54. The molecule has 0 saturated carbocycles. The molecule has 8 heteroatoms. The first-order valence-corrected chi connectivity index (χ1v) is 5.51. The monoisotopic (exact) mass is 226 g/mol. The predicted octanol–water partition coefficient (Wildman–Crippen LogP) is -1.73. The number of rotatable bonds is 7. The van der Waals surface area contributed by atoms with Crippen molar-refractivity contribution < 1.29 is 23.4 Å². The molecule has 0 fully saturated rings. The summed E-state index contributed by atoms with van der Waals surface area (Å²) in [5.41, 5.74) is 0. The molecule has 0 amide bonds. The predicted molar refractivity (Wildman–Crippen MR) is 48.9 cm³/mol. The first kappa shape index (κ1) is 13.3. The van der Waals surface area contributed by atoms with E-state index in [1.165, 1.54) is 0 Å². The molecule has 1 unspecified atom stereocenters. The Morgan fingerprint density at radius 3 is 2.43 bits per heavy atom. The summed E-state index contributed by atoms with van der Waals surface area (Å²) in [7, 11) is -3.84. The van der Waals surface area contributed by atoms with Gasteiger partial charge in [0.2, 0.25) is 0 Å². The standard InChI is InChI=1S/C6H14N2O5S/c1-2-3-7-14(12,13)8-5(4-9)6(10)11/h5,7-9H,2-4H2,1H3,(H,10,11). The van der Waals surface area contributed by atoms with Gasteiger partial charge in [0.15, 0.2) is 0 Å². The Labute approximate surface area is 82.3 Å². The Morgan fingerprint density at radius 1 is 1.50 bits per heavy atom. The number of carbonyl (C=O) groups is 1. The zero-order chi connectivity index (χ0) is 11.2. The van der Waals surface area contributed by atoms with Gasteiger partial charge in [-0.05, 0) is 6.42 Å². The highest BCUT2D eigenvalue weighted by molar-refractivity contribution is 7.87. The molecule has 84 valence electrons. The maximum absolute atomic E-state index is 11.1.